The van der Waals surface area contributed by atoms with Crippen LogP contribution in [0, 0.1) is 10.1 Å². The molecule has 3 rings (SSSR count). The highest BCUT2D eigenvalue weighted by atomic mass is 32.1. The second kappa shape index (κ2) is 12.0. The summed E-state index contributed by atoms with van der Waals surface area (Å²) in [7, 11) is 0. The first-order valence-corrected chi connectivity index (χ1v) is 12.9. The number of hydrogen-bond acceptors (Lipinski definition) is 6. The molecule has 2 aromatic carbocycles. The van der Waals surface area contributed by atoms with Gasteiger partial charge in [0.1, 0.15) is 6.04 Å². The molecule has 37 heavy (non-hydrogen) atoms. The molecule has 0 bridgehead atoms. The Kier molecular flexibility index (Phi) is 8.99. The van der Waals surface area contributed by atoms with Gasteiger partial charge in [-0.1, -0.05) is 49.4 Å². The van der Waals surface area contributed by atoms with Gasteiger partial charge >= 0.3 is 6.09 Å². The zero-order valence-corrected chi connectivity index (χ0v) is 22.2. The van der Waals surface area contributed by atoms with Crippen molar-refractivity contribution in [3.63, 3.8) is 0 Å². The van der Waals surface area contributed by atoms with E-state index >= 15 is 0 Å². The number of amides is 2. The van der Waals surface area contributed by atoms with Crippen LogP contribution in [0.1, 0.15) is 55.6 Å². The predicted molar refractivity (Wildman–Crippen MR) is 143 cm³/mol. The summed E-state index contributed by atoms with van der Waals surface area (Å²) in [5.41, 5.74) is 1.45. The number of nitro benzene ring substituents is 1. The van der Waals surface area contributed by atoms with Crippen molar-refractivity contribution in [2.75, 3.05) is 0 Å². The number of non-ortho nitro benzene ring substituents is 1. The molecule has 0 saturated heterocycles. The Bertz CT molecular complexity index is 1220. The normalized spacial score (nSPS) is 13.0. The van der Waals surface area contributed by atoms with Crippen molar-refractivity contribution in [2.24, 2.45) is 0 Å². The number of carbonyl (C=O) groups is 2. The number of nitrogens with one attached hydrogen (secondary N) is 1. The fourth-order valence-corrected chi connectivity index (χ4v) is 4.96. The molecule has 2 atom stereocenters. The Hall–Kier alpha value is -3.79. The molecule has 1 heterocycles. The van der Waals surface area contributed by atoms with Crippen LogP contribution in [-0.2, 0) is 24.1 Å². The molecule has 0 radical (unpaired) electrons. The average Bonchev–Trinajstić information content (AvgIpc) is 3.32. The highest BCUT2D eigenvalue weighted by Gasteiger charge is 2.38. The Balaban J connectivity index is 1.95. The van der Waals surface area contributed by atoms with Crippen molar-refractivity contribution in [2.45, 2.75) is 64.6 Å². The number of benzene rings is 2. The van der Waals surface area contributed by atoms with E-state index in [4.69, 9.17) is 0 Å². The lowest BCUT2D eigenvalue weighted by Crippen LogP contribution is -2.58. The minimum absolute atomic E-state index is 0.0172. The van der Waals surface area contributed by atoms with Gasteiger partial charge in [-0.25, -0.2) is 9.78 Å². The van der Waals surface area contributed by atoms with Crippen LogP contribution in [0.4, 0.5) is 10.5 Å². The Morgan fingerprint density at radius 3 is 2.22 bits per heavy atom. The van der Waals surface area contributed by atoms with Gasteiger partial charge in [0.25, 0.3) is 5.69 Å². The Morgan fingerprint density at radius 1 is 1.08 bits per heavy atom. The monoisotopic (exact) mass is 524 g/mol. The molecular formula is C27H32N4O5S. The van der Waals surface area contributed by atoms with Gasteiger partial charge in [-0.05, 0) is 44.7 Å². The molecule has 0 aliphatic heterocycles. The summed E-state index contributed by atoms with van der Waals surface area (Å²) in [6.45, 7) is 7.27. The van der Waals surface area contributed by atoms with Gasteiger partial charge in [-0.3, -0.25) is 19.8 Å². The predicted octanol–water partition coefficient (Wildman–Crippen LogP) is 5.40. The third-order valence-electron chi connectivity index (χ3n) is 5.95. The molecule has 0 aliphatic rings. The van der Waals surface area contributed by atoms with Gasteiger partial charge in [-0.2, -0.15) is 0 Å². The van der Waals surface area contributed by atoms with Gasteiger partial charge in [0.05, 0.1) is 21.7 Å². The van der Waals surface area contributed by atoms with Crippen LogP contribution in [0.2, 0.25) is 0 Å². The second-order valence-electron chi connectivity index (χ2n) is 9.74. The van der Waals surface area contributed by atoms with Crippen molar-refractivity contribution in [3.05, 3.63) is 91.9 Å². The van der Waals surface area contributed by atoms with E-state index in [1.54, 1.807) is 32.9 Å². The number of nitro groups is 1. The summed E-state index contributed by atoms with van der Waals surface area (Å²) < 4.78 is 0. The first-order chi connectivity index (χ1) is 17.5. The number of nitrogens with zero attached hydrogens (tertiary/aromatic N) is 3. The lowest BCUT2D eigenvalue weighted by molar-refractivity contribution is -0.384. The summed E-state index contributed by atoms with van der Waals surface area (Å²) in [6.07, 6.45) is 0.114. The van der Waals surface area contributed by atoms with Gasteiger partial charge < -0.3 is 10.4 Å². The van der Waals surface area contributed by atoms with Crippen LogP contribution in [-0.4, -0.2) is 43.5 Å². The molecule has 10 heteroatoms. The third kappa shape index (κ3) is 7.36. The standard InChI is InChI=1S/C27H32N4O5S/c1-5-24-28-22(17-37-24)21(15-19-11-13-20(14-12-19)31(35)36)29-25(32)23(16-18-9-7-6-8-10-18)30(26(33)34)27(2,3)4/h6-14,17,21,23H,5,15-16H2,1-4H3,(H,29,32)(H,33,34)/t21-,23-/m0/s1. The lowest BCUT2D eigenvalue weighted by Gasteiger charge is -2.39. The van der Waals surface area contributed by atoms with E-state index in [0.717, 1.165) is 22.6 Å². The molecule has 0 unspecified atom stereocenters. The number of hydrogen-bond donors (Lipinski definition) is 2. The van der Waals surface area contributed by atoms with E-state index in [1.165, 1.54) is 28.4 Å². The van der Waals surface area contributed by atoms with E-state index in [0.29, 0.717) is 12.1 Å². The average molecular weight is 525 g/mol. The topological polar surface area (TPSA) is 126 Å². The minimum Gasteiger partial charge on any atom is -0.465 e. The molecule has 196 valence electrons. The van der Waals surface area contributed by atoms with E-state index < -0.39 is 34.5 Å². The number of carbonyl (C=O) groups excluding carboxylic acids is 1. The molecule has 3 aromatic rings. The molecule has 2 amide bonds. The fraction of sp³-hybridized carbons (Fsp3) is 0.370. The molecule has 0 saturated carbocycles. The maximum absolute atomic E-state index is 13.8. The number of aromatic nitrogens is 1. The van der Waals surface area contributed by atoms with E-state index in [1.807, 2.05) is 42.6 Å². The number of thiazole rings is 1. The van der Waals surface area contributed by atoms with Crippen LogP contribution in [0.3, 0.4) is 0 Å². The number of carboxylic acid groups (broad SMARTS) is 1. The van der Waals surface area contributed by atoms with Gasteiger partial charge in [-0.15, -0.1) is 11.3 Å². The van der Waals surface area contributed by atoms with Crippen LogP contribution in [0.15, 0.2) is 60.0 Å². The SMILES string of the molecule is CCc1nc([C@H](Cc2ccc([N+](=O)[O-])cc2)NC(=O)[C@H](Cc2ccccc2)N(C(=O)O)C(C)(C)C)cs1. The molecule has 1 aromatic heterocycles. The van der Waals surface area contributed by atoms with E-state index in [2.05, 4.69) is 10.3 Å². The summed E-state index contributed by atoms with van der Waals surface area (Å²) in [5.74, 6) is -0.431. The smallest absolute Gasteiger partial charge is 0.408 e. The molecule has 0 aliphatic carbocycles. The van der Waals surface area contributed by atoms with Crippen LogP contribution < -0.4 is 5.32 Å². The van der Waals surface area contributed by atoms with Crippen LogP contribution in [0.25, 0.3) is 0 Å². The maximum Gasteiger partial charge on any atom is 0.408 e. The zero-order valence-electron chi connectivity index (χ0n) is 21.4. The van der Waals surface area contributed by atoms with Gasteiger partial charge in [0.2, 0.25) is 5.91 Å². The third-order valence-corrected chi connectivity index (χ3v) is 6.96. The highest BCUT2D eigenvalue weighted by molar-refractivity contribution is 7.09. The largest absolute Gasteiger partial charge is 0.465 e. The molecule has 0 spiro atoms. The molecule has 0 fully saturated rings. The zero-order chi connectivity index (χ0) is 27.2. The second-order valence-corrected chi connectivity index (χ2v) is 10.7. The summed E-state index contributed by atoms with van der Waals surface area (Å²) in [4.78, 5) is 42.6. The van der Waals surface area contributed by atoms with Crippen molar-refractivity contribution >= 4 is 29.0 Å². The van der Waals surface area contributed by atoms with Crippen molar-refractivity contribution in [1.82, 2.24) is 15.2 Å². The van der Waals surface area contributed by atoms with Crippen molar-refractivity contribution in [3.8, 4) is 0 Å². The summed E-state index contributed by atoms with van der Waals surface area (Å²) >= 11 is 1.49. The molecular weight excluding hydrogens is 492 g/mol. The van der Waals surface area contributed by atoms with E-state index in [9.17, 15) is 24.8 Å². The Labute approximate surface area is 220 Å². The van der Waals surface area contributed by atoms with Crippen LogP contribution >= 0.6 is 11.3 Å². The number of rotatable bonds is 10. The van der Waals surface area contributed by atoms with Gasteiger partial charge in [0.15, 0.2) is 0 Å². The quantitative estimate of drug-likeness (QED) is 0.270. The van der Waals surface area contributed by atoms with Crippen molar-refractivity contribution < 1.29 is 19.6 Å². The van der Waals surface area contributed by atoms with Crippen LogP contribution in [0.5, 0.6) is 0 Å². The maximum atomic E-state index is 13.8. The first-order valence-electron chi connectivity index (χ1n) is 12.0. The fourth-order valence-electron chi connectivity index (χ4n) is 4.16. The Morgan fingerprint density at radius 2 is 1.70 bits per heavy atom. The number of aryl methyl sites for hydroxylation is 1. The van der Waals surface area contributed by atoms with Crippen molar-refractivity contribution in [1.29, 1.82) is 0 Å². The van der Waals surface area contributed by atoms with E-state index in [-0.39, 0.29) is 12.1 Å². The first kappa shape index (κ1) is 27.8. The minimum atomic E-state index is -1.18. The summed E-state index contributed by atoms with van der Waals surface area (Å²) in [5, 5.41) is 27.0. The molecule has 2 N–H and O–H groups in total. The lowest BCUT2D eigenvalue weighted by atomic mass is 9.97. The molecule has 9 nitrogen and oxygen atoms in total. The van der Waals surface area contributed by atoms with Gasteiger partial charge in [0, 0.05) is 29.5 Å². The highest BCUT2D eigenvalue weighted by Crippen LogP contribution is 2.25. The summed E-state index contributed by atoms with van der Waals surface area (Å²) in [6, 6.07) is 13.9.